The van der Waals surface area contributed by atoms with E-state index in [0.717, 1.165) is 24.5 Å². The highest BCUT2D eigenvalue weighted by Crippen LogP contribution is 2.15. The van der Waals surface area contributed by atoms with Gasteiger partial charge in [0.05, 0.1) is 4.90 Å². The average molecular weight is 411 g/mol. The SMILES string of the molecule is Cc1nccn1CC(C)CNC(=O)CCCN(C)S(=O)(=O)c1ccc(F)cc1. The van der Waals surface area contributed by atoms with E-state index in [-0.39, 0.29) is 29.7 Å². The van der Waals surface area contributed by atoms with Gasteiger partial charge in [-0.1, -0.05) is 6.92 Å². The average Bonchev–Trinajstić information content (AvgIpc) is 3.05. The topological polar surface area (TPSA) is 84.3 Å². The number of imidazole rings is 1. The van der Waals surface area contributed by atoms with Crippen molar-refractivity contribution < 1.29 is 17.6 Å². The fraction of sp³-hybridized carbons (Fsp3) is 0.474. The Morgan fingerprint density at radius 3 is 2.61 bits per heavy atom. The van der Waals surface area contributed by atoms with Gasteiger partial charge in [-0.15, -0.1) is 0 Å². The summed E-state index contributed by atoms with van der Waals surface area (Å²) in [6, 6.07) is 4.69. The van der Waals surface area contributed by atoms with Gasteiger partial charge < -0.3 is 9.88 Å². The van der Waals surface area contributed by atoms with E-state index >= 15 is 0 Å². The van der Waals surface area contributed by atoms with E-state index in [2.05, 4.69) is 10.3 Å². The number of amides is 1. The van der Waals surface area contributed by atoms with Crippen LogP contribution in [0.3, 0.4) is 0 Å². The zero-order valence-corrected chi connectivity index (χ0v) is 17.2. The number of nitrogens with one attached hydrogen (secondary N) is 1. The normalized spacial score (nSPS) is 12.9. The smallest absolute Gasteiger partial charge is 0.242 e. The molecule has 2 rings (SSSR count). The number of benzene rings is 1. The Labute approximate surface area is 165 Å². The fourth-order valence-electron chi connectivity index (χ4n) is 2.74. The van der Waals surface area contributed by atoms with Crippen LogP contribution >= 0.6 is 0 Å². The van der Waals surface area contributed by atoms with E-state index in [0.29, 0.717) is 13.0 Å². The molecule has 0 fully saturated rings. The number of sulfonamides is 1. The zero-order valence-electron chi connectivity index (χ0n) is 16.4. The largest absolute Gasteiger partial charge is 0.356 e. The second-order valence-electron chi connectivity index (χ2n) is 6.92. The van der Waals surface area contributed by atoms with Crippen LogP contribution in [-0.2, 0) is 21.4 Å². The molecule has 1 atom stereocenters. The zero-order chi connectivity index (χ0) is 20.7. The number of carbonyl (C=O) groups excluding carboxylic acids is 1. The van der Waals surface area contributed by atoms with Gasteiger partial charge >= 0.3 is 0 Å². The molecule has 1 aromatic heterocycles. The summed E-state index contributed by atoms with van der Waals surface area (Å²) in [5.74, 6) is 0.583. The number of hydrogen-bond donors (Lipinski definition) is 1. The van der Waals surface area contributed by atoms with Crippen LogP contribution in [0.25, 0.3) is 0 Å². The molecule has 28 heavy (non-hydrogen) atoms. The molecule has 0 saturated heterocycles. The monoisotopic (exact) mass is 410 g/mol. The maximum absolute atomic E-state index is 13.0. The number of rotatable bonds is 10. The Hall–Kier alpha value is -2.26. The van der Waals surface area contributed by atoms with Crippen LogP contribution < -0.4 is 5.32 Å². The van der Waals surface area contributed by atoms with E-state index in [1.165, 1.54) is 23.5 Å². The van der Waals surface area contributed by atoms with E-state index in [9.17, 15) is 17.6 Å². The van der Waals surface area contributed by atoms with Crippen LogP contribution in [0.4, 0.5) is 4.39 Å². The van der Waals surface area contributed by atoms with Crippen molar-refractivity contribution in [3.05, 3.63) is 48.3 Å². The third kappa shape index (κ3) is 6.13. The van der Waals surface area contributed by atoms with Gasteiger partial charge in [-0.05, 0) is 43.5 Å². The lowest BCUT2D eigenvalue weighted by Crippen LogP contribution is -2.32. The lowest BCUT2D eigenvalue weighted by molar-refractivity contribution is -0.121. The summed E-state index contributed by atoms with van der Waals surface area (Å²) < 4.78 is 41.0. The quantitative estimate of drug-likeness (QED) is 0.651. The number of nitrogens with zero attached hydrogens (tertiary/aromatic N) is 3. The Morgan fingerprint density at radius 2 is 2.00 bits per heavy atom. The summed E-state index contributed by atoms with van der Waals surface area (Å²) in [6.45, 7) is 5.49. The van der Waals surface area contributed by atoms with Crippen LogP contribution in [0.5, 0.6) is 0 Å². The third-order valence-corrected chi connectivity index (χ3v) is 6.35. The van der Waals surface area contributed by atoms with Gasteiger partial charge in [0, 0.05) is 45.5 Å². The molecular formula is C19H27FN4O3S. The predicted molar refractivity (Wildman–Crippen MR) is 105 cm³/mol. The van der Waals surface area contributed by atoms with Crippen molar-refractivity contribution in [3.8, 4) is 0 Å². The highest BCUT2D eigenvalue weighted by Gasteiger charge is 2.20. The van der Waals surface area contributed by atoms with Crippen molar-refractivity contribution in [3.63, 3.8) is 0 Å². The molecule has 2 aromatic rings. The molecule has 1 N–H and O–H groups in total. The summed E-state index contributed by atoms with van der Waals surface area (Å²) in [4.78, 5) is 16.2. The Morgan fingerprint density at radius 1 is 1.32 bits per heavy atom. The molecule has 0 radical (unpaired) electrons. The molecule has 1 heterocycles. The van der Waals surface area contributed by atoms with Crippen molar-refractivity contribution >= 4 is 15.9 Å². The molecule has 154 valence electrons. The van der Waals surface area contributed by atoms with E-state index in [4.69, 9.17) is 0 Å². The molecule has 0 spiro atoms. The van der Waals surface area contributed by atoms with Crippen molar-refractivity contribution in [2.75, 3.05) is 20.1 Å². The van der Waals surface area contributed by atoms with Crippen LogP contribution in [0.1, 0.15) is 25.6 Å². The van der Waals surface area contributed by atoms with E-state index in [1.54, 1.807) is 6.20 Å². The minimum Gasteiger partial charge on any atom is -0.356 e. The van der Waals surface area contributed by atoms with Crippen molar-refractivity contribution in [1.82, 2.24) is 19.2 Å². The predicted octanol–water partition coefficient (Wildman–Crippen LogP) is 2.18. The maximum Gasteiger partial charge on any atom is 0.242 e. The first kappa shape index (κ1) is 22.0. The summed E-state index contributed by atoms with van der Waals surface area (Å²) >= 11 is 0. The maximum atomic E-state index is 13.0. The number of aryl methyl sites for hydroxylation is 1. The number of halogens is 1. The van der Waals surface area contributed by atoms with Crippen LogP contribution in [-0.4, -0.2) is 48.3 Å². The summed E-state index contributed by atoms with van der Waals surface area (Å²) in [7, 11) is -2.24. The fourth-order valence-corrected chi connectivity index (χ4v) is 3.95. The Balaban J connectivity index is 1.72. The summed E-state index contributed by atoms with van der Waals surface area (Å²) in [5, 5.41) is 2.88. The number of hydrogen-bond acceptors (Lipinski definition) is 4. The van der Waals surface area contributed by atoms with Gasteiger partial charge in [0.2, 0.25) is 15.9 Å². The van der Waals surface area contributed by atoms with Gasteiger partial charge in [0.25, 0.3) is 0 Å². The van der Waals surface area contributed by atoms with E-state index < -0.39 is 15.8 Å². The highest BCUT2D eigenvalue weighted by atomic mass is 32.2. The van der Waals surface area contributed by atoms with Gasteiger partial charge in [-0.25, -0.2) is 22.1 Å². The van der Waals surface area contributed by atoms with Gasteiger partial charge in [0.1, 0.15) is 11.6 Å². The van der Waals surface area contributed by atoms with Gasteiger partial charge in [-0.3, -0.25) is 4.79 Å². The molecule has 1 amide bonds. The molecule has 0 aliphatic heterocycles. The van der Waals surface area contributed by atoms with Crippen LogP contribution in [0, 0.1) is 18.7 Å². The van der Waals surface area contributed by atoms with Crippen LogP contribution in [0.2, 0.25) is 0 Å². The number of aromatic nitrogens is 2. The van der Waals surface area contributed by atoms with E-state index in [1.807, 2.05) is 24.6 Å². The highest BCUT2D eigenvalue weighted by molar-refractivity contribution is 7.89. The second kappa shape index (κ2) is 9.79. The summed E-state index contributed by atoms with van der Waals surface area (Å²) in [6.07, 6.45) is 4.29. The lowest BCUT2D eigenvalue weighted by Gasteiger charge is -2.17. The standard InChI is InChI=1S/C19H27FN4O3S/c1-15(14-24-12-10-21-16(24)2)13-22-19(25)5-4-11-23(3)28(26,27)18-8-6-17(20)7-9-18/h6-10,12,15H,4-5,11,13-14H2,1-3H3,(H,22,25). The molecule has 7 nitrogen and oxygen atoms in total. The molecule has 0 aliphatic carbocycles. The first-order valence-corrected chi connectivity index (χ1v) is 10.6. The van der Waals surface area contributed by atoms with Crippen LogP contribution in [0.15, 0.2) is 41.6 Å². The third-order valence-electron chi connectivity index (χ3n) is 4.48. The second-order valence-corrected chi connectivity index (χ2v) is 8.96. The Bertz CT molecular complexity index is 881. The minimum atomic E-state index is -3.69. The molecule has 0 aliphatic rings. The molecule has 1 aromatic carbocycles. The van der Waals surface area contributed by atoms with Gasteiger partial charge in [0.15, 0.2) is 0 Å². The minimum absolute atomic E-state index is 0.0319. The molecule has 9 heteroatoms. The number of carbonyl (C=O) groups is 1. The first-order valence-electron chi connectivity index (χ1n) is 9.16. The van der Waals surface area contributed by atoms with Crippen molar-refractivity contribution in [1.29, 1.82) is 0 Å². The van der Waals surface area contributed by atoms with Crippen molar-refractivity contribution in [2.24, 2.45) is 5.92 Å². The van der Waals surface area contributed by atoms with Gasteiger partial charge in [-0.2, -0.15) is 0 Å². The molecule has 1 unspecified atom stereocenters. The molecular weight excluding hydrogens is 383 g/mol. The lowest BCUT2D eigenvalue weighted by atomic mass is 10.1. The Kier molecular flexibility index (Phi) is 7.70. The molecule has 0 bridgehead atoms. The van der Waals surface area contributed by atoms with Crippen molar-refractivity contribution in [2.45, 2.75) is 38.1 Å². The first-order chi connectivity index (χ1) is 13.2. The summed E-state index contributed by atoms with van der Waals surface area (Å²) in [5.41, 5.74) is 0. The molecule has 0 saturated carbocycles.